The molecule has 0 atom stereocenters. The molecule has 0 aromatic heterocycles. The zero-order valence-corrected chi connectivity index (χ0v) is 16.0. The van der Waals surface area contributed by atoms with E-state index in [0.29, 0.717) is 0 Å². The van der Waals surface area contributed by atoms with Crippen molar-refractivity contribution < 1.29 is 28.8 Å². The minimum Gasteiger partial charge on any atom is -0.469 e. The van der Waals surface area contributed by atoms with Crippen LogP contribution in [0.2, 0.25) is 0 Å². The minimum absolute atomic E-state index is 0.0383. The van der Waals surface area contributed by atoms with Crippen LogP contribution in [0, 0.1) is 10.1 Å². The van der Waals surface area contributed by atoms with Gasteiger partial charge >= 0.3 is 11.9 Å². The summed E-state index contributed by atoms with van der Waals surface area (Å²) in [4.78, 5) is 48.4. The maximum atomic E-state index is 13.1. The first kappa shape index (κ1) is 21.5. The van der Waals surface area contributed by atoms with Crippen LogP contribution in [0.5, 0.6) is 0 Å². The first-order valence-corrected chi connectivity index (χ1v) is 8.63. The molecule has 152 valence electrons. The SMILES string of the molecule is COC(=O)CCN(Cc1ccccc1)C(=O)c1cc(C(=O)OC)cc([N+](=O)[O-])c1. The van der Waals surface area contributed by atoms with Gasteiger partial charge in [-0.3, -0.25) is 19.7 Å². The van der Waals surface area contributed by atoms with E-state index in [1.165, 1.54) is 18.1 Å². The summed E-state index contributed by atoms with van der Waals surface area (Å²) >= 11 is 0. The van der Waals surface area contributed by atoms with Crippen LogP contribution in [0.3, 0.4) is 0 Å². The van der Waals surface area contributed by atoms with Gasteiger partial charge in [0.25, 0.3) is 11.6 Å². The second-order valence-electron chi connectivity index (χ2n) is 6.06. The molecule has 0 spiro atoms. The maximum Gasteiger partial charge on any atom is 0.338 e. The van der Waals surface area contributed by atoms with Crippen molar-refractivity contribution in [2.75, 3.05) is 20.8 Å². The van der Waals surface area contributed by atoms with Crippen molar-refractivity contribution in [3.8, 4) is 0 Å². The number of methoxy groups -OCH3 is 2. The van der Waals surface area contributed by atoms with Gasteiger partial charge in [0.1, 0.15) is 0 Å². The fraction of sp³-hybridized carbons (Fsp3) is 0.250. The highest BCUT2D eigenvalue weighted by molar-refractivity contribution is 5.99. The number of carbonyl (C=O) groups is 3. The van der Waals surface area contributed by atoms with Crippen LogP contribution < -0.4 is 0 Å². The standard InChI is InChI=1S/C20H20N2O7/c1-28-18(23)8-9-21(13-14-6-4-3-5-7-14)19(24)15-10-16(20(25)29-2)12-17(11-15)22(26)27/h3-7,10-12H,8-9,13H2,1-2H3. The number of esters is 2. The molecule has 1 amide bonds. The Morgan fingerprint density at radius 2 is 1.66 bits per heavy atom. The molecule has 9 nitrogen and oxygen atoms in total. The van der Waals surface area contributed by atoms with E-state index in [1.807, 2.05) is 18.2 Å². The van der Waals surface area contributed by atoms with Crippen LogP contribution in [-0.2, 0) is 20.8 Å². The Bertz CT molecular complexity index is 912. The van der Waals surface area contributed by atoms with Gasteiger partial charge in [-0.25, -0.2) is 4.79 Å². The molecule has 0 saturated heterocycles. The van der Waals surface area contributed by atoms with Crippen molar-refractivity contribution in [2.24, 2.45) is 0 Å². The number of nitrogens with zero attached hydrogens (tertiary/aromatic N) is 2. The minimum atomic E-state index is -0.799. The molecule has 9 heteroatoms. The van der Waals surface area contributed by atoms with E-state index in [-0.39, 0.29) is 30.6 Å². The molecule has 0 aliphatic heterocycles. The molecule has 0 saturated carbocycles. The molecule has 2 aromatic rings. The quantitative estimate of drug-likeness (QED) is 0.380. The van der Waals surface area contributed by atoms with Gasteiger partial charge in [0.2, 0.25) is 0 Å². The van der Waals surface area contributed by atoms with Crippen molar-refractivity contribution in [3.05, 3.63) is 75.3 Å². The number of hydrogen-bond acceptors (Lipinski definition) is 7. The number of benzene rings is 2. The lowest BCUT2D eigenvalue weighted by atomic mass is 10.1. The van der Waals surface area contributed by atoms with Crippen LogP contribution in [0.1, 0.15) is 32.7 Å². The molecule has 0 heterocycles. The number of nitro groups is 1. The van der Waals surface area contributed by atoms with Gasteiger partial charge in [-0.15, -0.1) is 0 Å². The molecule has 2 rings (SSSR count). The zero-order chi connectivity index (χ0) is 21.4. The smallest absolute Gasteiger partial charge is 0.338 e. The predicted octanol–water partition coefficient (Wildman–Crippen LogP) is 2.59. The summed E-state index contributed by atoms with van der Waals surface area (Å²) in [6.07, 6.45) is -0.0478. The molecule has 29 heavy (non-hydrogen) atoms. The van der Waals surface area contributed by atoms with E-state index in [2.05, 4.69) is 9.47 Å². The summed E-state index contributed by atoms with van der Waals surface area (Å²) < 4.78 is 9.23. The van der Waals surface area contributed by atoms with Gasteiger partial charge in [-0.2, -0.15) is 0 Å². The van der Waals surface area contributed by atoms with Crippen molar-refractivity contribution in [3.63, 3.8) is 0 Å². The lowest BCUT2D eigenvalue weighted by Crippen LogP contribution is -2.33. The topological polar surface area (TPSA) is 116 Å². The average Bonchev–Trinajstić information content (AvgIpc) is 2.75. The predicted molar refractivity (Wildman–Crippen MR) is 102 cm³/mol. The van der Waals surface area contributed by atoms with E-state index >= 15 is 0 Å². The van der Waals surface area contributed by atoms with E-state index in [1.54, 1.807) is 12.1 Å². The molecule has 0 aliphatic rings. The van der Waals surface area contributed by atoms with Crippen LogP contribution in [-0.4, -0.2) is 48.4 Å². The van der Waals surface area contributed by atoms with Gasteiger partial charge in [0.05, 0.1) is 31.1 Å². The number of ether oxygens (including phenoxy) is 2. The third kappa shape index (κ3) is 5.86. The van der Waals surface area contributed by atoms with Gasteiger partial charge < -0.3 is 14.4 Å². The van der Waals surface area contributed by atoms with E-state index in [9.17, 15) is 24.5 Å². The Hall–Kier alpha value is -3.75. The number of nitro benzene ring substituents is 1. The van der Waals surface area contributed by atoms with Crippen molar-refractivity contribution in [2.45, 2.75) is 13.0 Å². The van der Waals surface area contributed by atoms with Crippen molar-refractivity contribution >= 4 is 23.5 Å². The lowest BCUT2D eigenvalue weighted by molar-refractivity contribution is -0.384. The number of hydrogen-bond donors (Lipinski definition) is 0. The normalized spacial score (nSPS) is 10.1. The van der Waals surface area contributed by atoms with Gasteiger partial charge in [-0.1, -0.05) is 30.3 Å². The monoisotopic (exact) mass is 400 g/mol. The molecule has 0 N–H and O–H groups in total. The fourth-order valence-corrected chi connectivity index (χ4v) is 2.64. The molecule has 0 radical (unpaired) electrons. The number of non-ortho nitro benzene ring substituents is 1. The average molecular weight is 400 g/mol. The number of amides is 1. The Morgan fingerprint density at radius 1 is 1.00 bits per heavy atom. The highest BCUT2D eigenvalue weighted by Crippen LogP contribution is 2.20. The van der Waals surface area contributed by atoms with Crippen LogP contribution >= 0.6 is 0 Å². The maximum absolute atomic E-state index is 13.1. The summed E-state index contributed by atoms with van der Waals surface area (Å²) in [6, 6.07) is 12.4. The zero-order valence-electron chi connectivity index (χ0n) is 16.0. The largest absolute Gasteiger partial charge is 0.469 e. The van der Waals surface area contributed by atoms with E-state index in [4.69, 9.17) is 0 Å². The van der Waals surface area contributed by atoms with E-state index in [0.717, 1.165) is 24.8 Å². The van der Waals surface area contributed by atoms with Gasteiger partial charge in [0.15, 0.2) is 0 Å². The second-order valence-corrected chi connectivity index (χ2v) is 6.06. The number of rotatable bonds is 8. The van der Waals surface area contributed by atoms with Crippen LogP contribution in [0.25, 0.3) is 0 Å². The highest BCUT2D eigenvalue weighted by atomic mass is 16.6. The number of carbonyl (C=O) groups excluding carboxylic acids is 3. The second kappa shape index (κ2) is 9.98. The summed E-state index contributed by atoms with van der Waals surface area (Å²) in [5.41, 5.74) is 0.228. The fourth-order valence-electron chi connectivity index (χ4n) is 2.64. The Balaban J connectivity index is 2.40. The van der Waals surface area contributed by atoms with Crippen molar-refractivity contribution in [1.29, 1.82) is 0 Å². The Morgan fingerprint density at radius 3 is 2.24 bits per heavy atom. The Labute approximate surface area is 167 Å². The summed E-state index contributed by atoms with van der Waals surface area (Å²) in [5, 5.41) is 11.2. The highest BCUT2D eigenvalue weighted by Gasteiger charge is 2.23. The molecule has 0 bridgehead atoms. The van der Waals surface area contributed by atoms with Crippen LogP contribution in [0.15, 0.2) is 48.5 Å². The Kier molecular flexibility index (Phi) is 7.41. The molecule has 0 aliphatic carbocycles. The van der Waals surface area contributed by atoms with Crippen LogP contribution in [0.4, 0.5) is 5.69 Å². The van der Waals surface area contributed by atoms with Gasteiger partial charge in [0, 0.05) is 30.8 Å². The van der Waals surface area contributed by atoms with Gasteiger partial charge in [-0.05, 0) is 11.6 Å². The molecular formula is C20H20N2O7. The van der Waals surface area contributed by atoms with Crippen molar-refractivity contribution in [1.82, 2.24) is 4.90 Å². The summed E-state index contributed by atoms with van der Waals surface area (Å²) in [5.74, 6) is -1.86. The summed E-state index contributed by atoms with van der Waals surface area (Å²) in [7, 11) is 2.38. The first-order chi connectivity index (χ1) is 13.8. The van der Waals surface area contributed by atoms with E-state index < -0.39 is 28.5 Å². The molecule has 0 fully saturated rings. The molecule has 2 aromatic carbocycles. The molecule has 0 unspecified atom stereocenters. The molecular weight excluding hydrogens is 380 g/mol. The third-order valence-electron chi connectivity index (χ3n) is 4.11. The first-order valence-electron chi connectivity index (χ1n) is 8.63. The summed E-state index contributed by atoms with van der Waals surface area (Å²) in [6.45, 7) is 0.212. The third-order valence-corrected chi connectivity index (χ3v) is 4.11. The lowest BCUT2D eigenvalue weighted by Gasteiger charge is -2.22.